The Morgan fingerprint density at radius 3 is 2.52 bits per heavy atom. The molecule has 6 heteroatoms. The van der Waals surface area contributed by atoms with E-state index < -0.39 is 6.04 Å². The van der Waals surface area contributed by atoms with Gasteiger partial charge in [-0.2, -0.15) is 0 Å². The standard InChI is InChI=1S/C21H20ClFN2O2/c22-18-4-2-1-3-17(18)19-20(26)24-11-12-25(19)21(27)16-10-9-15(16)13-5-7-14(23)8-6-13/h1-8,15-16,19H,9-12H2,(H,24,26). The van der Waals surface area contributed by atoms with Crippen molar-refractivity contribution in [1.29, 1.82) is 0 Å². The minimum Gasteiger partial charge on any atom is -0.352 e. The number of piperazine rings is 1. The van der Waals surface area contributed by atoms with Gasteiger partial charge in [-0.25, -0.2) is 4.39 Å². The quantitative estimate of drug-likeness (QED) is 0.874. The molecule has 2 aliphatic rings. The fraction of sp³-hybridized carbons (Fsp3) is 0.333. The summed E-state index contributed by atoms with van der Waals surface area (Å²) in [5, 5.41) is 3.31. The van der Waals surface area contributed by atoms with Gasteiger partial charge in [0, 0.05) is 29.6 Å². The first-order valence-corrected chi connectivity index (χ1v) is 9.52. The van der Waals surface area contributed by atoms with E-state index in [1.54, 1.807) is 35.2 Å². The predicted molar refractivity (Wildman–Crippen MR) is 101 cm³/mol. The number of benzene rings is 2. The number of carbonyl (C=O) groups is 2. The van der Waals surface area contributed by atoms with Crippen molar-refractivity contribution in [3.05, 3.63) is 70.5 Å². The van der Waals surface area contributed by atoms with Gasteiger partial charge in [0.05, 0.1) is 0 Å². The molecule has 1 N–H and O–H groups in total. The molecule has 0 spiro atoms. The summed E-state index contributed by atoms with van der Waals surface area (Å²) in [6.45, 7) is 0.882. The number of nitrogens with one attached hydrogen (secondary N) is 1. The van der Waals surface area contributed by atoms with Gasteiger partial charge >= 0.3 is 0 Å². The molecule has 140 valence electrons. The Morgan fingerprint density at radius 2 is 1.85 bits per heavy atom. The molecule has 27 heavy (non-hydrogen) atoms. The molecule has 3 atom stereocenters. The Morgan fingerprint density at radius 1 is 1.11 bits per heavy atom. The molecule has 2 amide bonds. The Hall–Kier alpha value is -2.40. The Balaban J connectivity index is 1.60. The van der Waals surface area contributed by atoms with Crippen molar-refractivity contribution >= 4 is 23.4 Å². The summed E-state index contributed by atoms with van der Waals surface area (Å²) in [5.74, 6) is -0.649. The predicted octanol–water partition coefficient (Wildman–Crippen LogP) is 3.67. The highest BCUT2D eigenvalue weighted by molar-refractivity contribution is 6.31. The number of hydrogen-bond donors (Lipinski definition) is 1. The molecule has 0 radical (unpaired) electrons. The van der Waals surface area contributed by atoms with Crippen molar-refractivity contribution in [3.63, 3.8) is 0 Å². The van der Waals surface area contributed by atoms with Gasteiger partial charge in [-0.15, -0.1) is 0 Å². The van der Waals surface area contributed by atoms with Crippen molar-refractivity contribution in [2.75, 3.05) is 13.1 Å². The van der Waals surface area contributed by atoms with E-state index in [0.717, 1.165) is 18.4 Å². The van der Waals surface area contributed by atoms with Crippen molar-refractivity contribution < 1.29 is 14.0 Å². The van der Waals surface area contributed by atoms with Gasteiger partial charge in [-0.3, -0.25) is 9.59 Å². The summed E-state index contributed by atoms with van der Waals surface area (Å²) in [5.41, 5.74) is 1.61. The fourth-order valence-corrected chi connectivity index (χ4v) is 4.27. The molecule has 2 fully saturated rings. The van der Waals surface area contributed by atoms with Gasteiger partial charge in [-0.1, -0.05) is 41.9 Å². The Kier molecular flexibility index (Phi) is 4.87. The number of rotatable bonds is 3. The lowest BCUT2D eigenvalue weighted by molar-refractivity contribution is -0.149. The van der Waals surface area contributed by atoms with Gasteiger partial charge in [0.2, 0.25) is 11.8 Å². The minimum atomic E-state index is -0.714. The number of carbonyl (C=O) groups excluding carboxylic acids is 2. The van der Waals surface area contributed by atoms with Gasteiger partial charge in [-0.05, 0) is 42.5 Å². The zero-order valence-corrected chi connectivity index (χ0v) is 15.5. The van der Waals surface area contributed by atoms with Crippen LogP contribution in [0.15, 0.2) is 48.5 Å². The summed E-state index contributed by atoms with van der Waals surface area (Å²) in [4.78, 5) is 27.5. The molecule has 0 bridgehead atoms. The second-order valence-corrected chi connectivity index (χ2v) is 7.50. The van der Waals surface area contributed by atoms with Crippen molar-refractivity contribution in [3.8, 4) is 0 Å². The third-order valence-corrected chi connectivity index (χ3v) is 5.93. The van der Waals surface area contributed by atoms with Crippen LogP contribution in [0.4, 0.5) is 4.39 Å². The first-order valence-electron chi connectivity index (χ1n) is 9.14. The van der Waals surface area contributed by atoms with Crippen LogP contribution in [0.3, 0.4) is 0 Å². The molecular formula is C21H20ClFN2O2. The molecule has 1 saturated heterocycles. The average Bonchev–Trinajstić information content (AvgIpc) is 2.63. The van der Waals surface area contributed by atoms with Crippen LogP contribution in [0.25, 0.3) is 0 Å². The third kappa shape index (κ3) is 3.32. The summed E-state index contributed by atoms with van der Waals surface area (Å²) < 4.78 is 13.2. The van der Waals surface area contributed by atoms with E-state index in [-0.39, 0.29) is 29.5 Å². The molecule has 2 aromatic rings. The van der Waals surface area contributed by atoms with E-state index in [0.29, 0.717) is 23.7 Å². The molecule has 0 aromatic heterocycles. The minimum absolute atomic E-state index is 0.0321. The van der Waals surface area contributed by atoms with Crippen LogP contribution in [0.2, 0.25) is 5.02 Å². The average molecular weight is 387 g/mol. The highest BCUT2D eigenvalue weighted by Gasteiger charge is 2.44. The lowest BCUT2D eigenvalue weighted by Gasteiger charge is -2.43. The first-order chi connectivity index (χ1) is 13.1. The Labute approximate surface area is 162 Å². The van der Waals surface area contributed by atoms with Gasteiger partial charge in [0.15, 0.2) is 0 Å². The number of nitrogens with zero attached hydrogens (tertiary/aromatic N) is 1. The molecule has 1 aliphatic heterocycles. The lowest BCUT2D eigenvalue weighted by Crippen LogP contribution is -2.55. The van der Waals surface area contributed by atoms with E-state index in [1.807, 2.05) is 6.07 Å². The van der Waals surface area contributed by atoms with Crippen LogP contribution < -0.4 is 5.32 Å². The lowest BCUT2D eigenvalue weighted by atomic mass is 9.69. The van der Waals surface area contributed by atoms with Crippen molar-refractivity contribution in [2.45, 2.75) is 24.8 Å². The second kappa shape index (κ2) is 7.31. The highest BCUT2D eigenvalue weighted by atomic mass is 35.5. The maximum absolute atomic E-state index is 13.3. The fourth-order valence-electron chi connectivity index (χ4n) is 4.03. The smallest absolute Gasteiger partial charge is 0.247 e. The van der Waals surface area contributed by atoms with Crippen LogP contribution in [-0.4, -0.2) is 29.8 Å². The molecule has 3 unspecified atom stereocenters. The zero-order valence-electron chi connectivity index (χ0n) is 14.7. The summed E-state index contributed by atoms with van der Waals surface area (Å²) >= 11 is 6.31. The number of halogens is 2. The van der Waals surface area contributed by atoms with Crippen LogP contribution >= 0.6 is 11.6 Å². The van der Waals surface area contributed by atoms with Gasteiger partial charge in [0.25, 0.3) is 0 Å². The molecule has 1 saturated carbocycles. The van der Waals surface area contributed by atoms with E-state index >= 15 is 0 Å². The largest absolute Gasteiger partial charge is 0.352 e. The number of hydrogen-bond acceptors (Lipinski definition) is 2. The van der Waals surface area contributed by atoms with Crippen LogP contribution in [0, 0.1) is 11.7 Å². The molecule has 1 heterocycles. The Bertz CT molecular complexity index is 871. The summed E-state index contributed by atoms with van der Waals surface area (Å²) in [6, 6.07) is 12.8. The SMILES string of the molecule is O=C1NCCN(C(=O)C2CCC2c2ccc(F)cc2)C1c1ccccc1Cl. The van der Waals surface area contributed by atoms with Crippen molar-refractivity contribution in [1.82, 2.24) is 10.2 Å². The molecule has 1 aliphatic carbocycles. The highest BCUT2D eigenvalue weighted by Crippen LogP contribution is 2.45. The third-order valence-electron chi connectivity index (χ3n) is 5.58. The van der Waals surface area contributed by atoms with Gasteiger partial charge < -0.3 is 10.2 Å². The molecule has 2 aromatic carbocycles. The van der Waals surface area contributed by atoms with E-state index in [1.165, 1.54) is 12.1 Å². The zero-order chi connectivity index (χ0) is 19.0. The second-order valence-electron chi connectivity index (χ2n) is 7.09. The normalized spacial score (nSPS) is 24.9. The molecule has 4 rings (SSSR count). The number of amides is 2. The molecular weight excluding hydrogens is 367 g/mol. The van der Waals surface area contributed by atoms with E-state index in [2.05, 4.69) is 5.32 Å². The van der Waals surface area contributed by atoms with E-state index in [9.17, 15) is 14.0 Å². The first kappa shape index (κ1) is 18.0. The van der Waals surface area contributed by atoms with Crippen LogP contribution in [0.1, 0.15) is 35.9 Å². The van der Waals surface area contributed by atoms with Gasteiger partial charge in [0.1, 0.15) is 11.9 Å². The summed E-state index contributed by atoms with van der Waals surface area (Å²) in [6.07, 6.45) is 1.66. The van der Waals surface area contributed by atoms with Crippen LogP contribution in [0.5, 0.6) is 0 Å². The maximum atomic E-state index is 13.3. The topological polar surface area (TPSA) is 49.4 Å². The summed E-state index contributed by atoms with van der Waals surface area (Å²) in [7, 11) is 0. The van der Waals surface area contributed by atoms with Crippen molar-refractivity contribution in [2.24, 2.45) is 5.92 Å². The monoisotopic (exact) mass is 386 g/mol. The van der Waals surface area contributed by atoms with Crippen LogP contribution in [-0.2, 0) is 9.59 Å². The van der Waals surface area contributed by atoms with E-state index in [4.69, 9.17) is 11.6 Å². The maximum Gasteiger partial charge on any atom is 0.247 e. The molecule has 4 nitrogen and oxygen atoms in total.